The van der Waals surface area contributed by atoms with E-state index in [0.717, 1.165) is 18.4 Å². The fourth-order valence-corrected chi connectivity index (χ4v) is 4.61. The van der Waals surface area contributed by atoms with Crippen molar-refractivity contribution >= 4 is 40.2 Å². The number of fused-ring (bicyclic) bond motifs is 2. The van der Waals surface area contributed by atoms with Crippen molar-refractivity contribution in [1.29, 1.82) is 0 Å². The van der Waals surface area contributed by atoms with Crippen molar-refractivity contribution in [1.82, 2.24) is 14.0 Å². The number of benzene rings is 1. The van der Waals surface area contributed by atoms with E-state index in [9.17, 15) is 14.4 Å². The lowest BCUT2D eigenvalue weighted by atomic mass is 10.1. The van der Waals surface area contributed by atoms with Crippen LogP contribution in [0.3, 0.4) is 0 Å². The summed E-state index contributed by atoms with van der Waals surface area (Å²) in [5.41, 5.74) is 1.60. The third kappa shape index (κ3) is 4.80. The van der Waals surface area contributed by atoms with E-state index in [1.165, 1.54) is 10.5 Å². The standard InChI is InChI=1S/C27H25ClN4O5/c1-3-36-27(35)21-14-20-23(29-22-16(2)6-4-12-31(22)26(20)34)32(15-19-7-5-13-37-19)24(21)30-25(33)17-8-10-18(28)11-9-17/h4,6,8-12,14,19H,3,5,7,13,15H2,1-2H3/t19-/m0/s1. The van der Waals surface area contributed by atoms with Gasteiger partial charge in [0.1, 0.15) is 16.9 Å². The molecule has 1 atom stereocenters. The molecule has 37 heavy (non-hydrogen) atoms. The van der Waals surface area contributed by atoms with E-state index in [-0.39, 0.29) is 41.3 Å². The van der Waals surface area contributed by atoms with E-state index < -0.39 is 11.9 Å². The summed E-state index contributed by atoms with van der Waals surface area (Å²) < 4.78 is 14.2. The average molecular weight is 521 g/mol. The minimum Gasteiger partial charge on any atom is -0.462 e. The molecule has 1 aliphatic heterocycles. The molecule has 1 aliphatic rings. The summed E-state index contributed by atoms with van der Waals surface area (Å²) >= 11 is 5.98. The van der Waals surface area contributed by atoms with Gasteiger partial charge in [-0.15, -0.1) is 0 Å². The molecule has 1 amide bonds. The third-order valence-electron chi connectivity index (χ3n) is 6.31. The lowest BCUT2D eigenvalue weighted by molar-refractivity contribution is 0.0521. The molecule has 0 spiro atoms. The van der Waals surface area contributed by atoms with E-state index in [4.69, 9.17) is 26.1 Å². The molecule has 1 saturated heterocycles. The Labute approximate surface area is 217 Å². The third-order valence-corrected chi connectivity index (χ3v) is 6.56. The number of nitrogens with zero attached hydrogens (tertiary/aromatic N) is 4. The fourth-order valence-electron chi connectivity index (χ4n) is 4.48. The van der Waals surface area contributed by atoms with Crippen molar-refractivity contribution in [3.05, 3.63) is 86.2 Å². The van der Waals surface area contributed by atoms with Crippen LogP contribution in [0, 0.1) is 6.92 Å². The van der Waals surface area contributed by atoms with Gasteiger partial charge in [-0.3, -0.25) is 14.0 Å². The second-order valence-electron chi connectivity index (χ2n) is 8.81. The molecule has 4 heterocycles. The first-order valence-corrected chi connectivity index (χ1v) is 12.4. The number of aromatic nitrogens is 3. The first kappa shape index (κ1) is 24.9. The number of hydrogen-bond donors (Lipinski definition) is 0. The Balaban J connectivity index is 1.87. The molecule has 0 bridgehead atoms. The summed E-state index contributed by atoms with van der Waals surface area (Å²) in [5, 5.41) is 0.692. The molecule has 0 aliphatic carbocycles. The Morgan fingerprint density at radius 1 is 1.22 bits per heavy atom. The second kappa shape index (κ2) is 10.3. The maximum atomic E-state index is 13.6. The fraction of sp³-hybridized carbons (Fsp3) is 0.296. The highest BCUT2D eigenvalue weighted by Gasteiger charge is 2.24. The number of carbonyl (C=O) groups is 2. The zero-order valence-corrected chi connectivity index (χ0v) is 21.2. The SMILES string of the molecule is CCOC(=O)c1cc2c(=O)n3cccc(C)c3nc2n(C[C@@H]2CCCO2)c1=NC(=O)c1ccc(Cl)cc1. The molecule has 1 fully saturated rings. The molecular weight excluding hydrogens is 496 g/mol. The molecule has 3 aromatic heterocycles. The molecule has 5 rings (SSSR count). The van der Waals surface area contributed by atoms with Crippen molar-refractivity contribution in [2.45, 2.75) is 39.3 Å². The van der Waals surface area contributed by atoms with E-state index in [0.29, 0.717) is 28.5 Å². The Kier molecular flexibility index (Phi) is 6.90. The highest BCUT2D eigenvalue weighted by Crippen LogP contribution is 2.18. The van der Waals surface area contributed by atoms with E-state index in [2.05, 4.69) is 4.99 Å². The summed E-state index contributed by atoms with van der Waals surface area (Å²) in [6.07, 6.45) is 3.11. The second-order valence-corrected chi connectivity index (χ2v) is 9.25. The first-order valence-electron chi connectivity index (χ1n) is 12.1. The molecular formula is C27H25ClN4O5. The van der Waals surface area contributed by atoms with Gasteiger partial charge in [0.2, 0.25) is 0 Å². The monoisotopic (exact) mass is 520 g/mol. The van der Waals surface area contributed by atoms with Crippen LogP contribution in [0.15, 0.2) is 58.4 Å². The van der Waals surface area contributed by atoms with Crippen molar-refractivity contribution < 1.29 is 19.1 Å². The Bertz CT molecular complexity index is 1650. The van der Waals surface area contributed by atoms with Gasteiger partial charge in [-0.05, 0) is 68.7 Å². The topological polar surface area (TPSA) is 104 Å². The zero-order chi connectivity index (χ0) is 26.1. The van der Waals surface area contributed by atoms with Crippen molar-refractivity contribution in [2.75, 3.05) is 13.2 Å². The largest absolute Gasteiger partial charge is 0.462 e. The van der Waals surface area contributed by atoms with Gasteiger partial charge in [0.15, 0.2) is 5.49 Å². The summed E-state index contributed by atoms with van der Waals surface area (Å²) in [4.78, 5) is 49.1. The number of hydrogen-bond acceptors (Lipinski definition) is 6. The highest BCUT2D eigenvalue weighted by atomic mass is 35.5. The van der Waals surface area contributed by atoms with Gasteiger partial charge < -0.3 is 14.0 Å². The maximum absolute atomic E-state index is 13.6. The number of aryl methyl sites for hydroxylation is 1. The zero-order valence-electron chi connectivity index (χ0n) is 20.4. The van der Waals surface area contributed by atoms with Gasteiger partial charge in [-0.2, -0.15) is 4.99 Å². The number of pyridine rings is 2. The minimum absolute atomic E-state index is 0.00108. The average Bonchev–Trinajstić information content (AvgIpc) is 3.40. The van der Waals surface area contributed by atoms with Crippen molar-refractivity contribution in [2.24, 2.45) is 4.99 Å². The first-order chi connectivity index (χ1) is 17.9. The van der Waals surface area contributed by atoms with Crippen LogP contribution in [0.5, 0.6) is 0 Å². The van der Waals surface area contributed by atoms with E-state index in [1.807, 2.05) is 13.0 Å². The van der Waals surface area contributed by atoms with Gasteiger partial charge in [-0.1, -0.05) is 17.7 Å². The quantitative estimate of drug-likeness (QED) is 0.293. The molecule has 4 aromatic rings. The molecule has 10 heteroatoms. The Morgan fingerprint density at radius 2 is 2.00 bits per heavy atom. The van der Waals surface area contributed by atoms with Crippen LogP contribution in [0.4, 0.5) is 0 Å². The summed E-state index contributed by atoms with van der Waals surface area (Å²) in [6.45, 7) is 4.52. The molecule has 0 N–H and O–H groups in total. The molecule has 9 nitrogen and oxygen atoms in total. The Hall–Kier alpha value is -3.82. The van der Waals surface area contributed by atoms with Gasteiger partial charge in [0.05, 0.1) is 24.6 Å². The lowest BCUT2D eigenvalue weighted by Gasteiger charge is -2.18. The molecule has 190 valence electrons. The van der Waals surface area contributed by atoms with Crippen LogP contribution in [-0.2, 0) is 16.0 Å². The predicted octanol–water partition coefficient (Wildman–Crippen LogP) is 3.71. The maximum Gasteiger partial charge on any atom is 0.341 e. The summed E-state index contributed by atoms with van der Waals surface area (Å²) in [6, 6.07) is 11.3. The van der Waals surface area contributed by atoms with Crippen LogP contribution in [0.25, 0.3) is 16.7 Å². The lowest BCUT2D eigenvalue weighted by Crippen LogP contribution is -2.35. The smallest absolute Gasteiger partial charge is 0.341 e. The molecule has 1 aromatic carbocycles. The number of amides is 1. The number of rotatable bonds is 5. The van der Waals surface area contributed by atoms with Crippen LogP contribution < -0.4 is 11.0 Å². The number of esters is 1. The van der Waals surface area contributed by atoms with Crippen molar-refractivity contribution in [3.63, 3.8) is 0 Å². The van der Waals surface area contributed by atoms with Crippen LogP contribution in [-0.4, -0.2) is 45.1 Å². The molecule has 0 saturated carbocycles. The van der Waals surface area contributed by atoms with Crippen LogP contribution >= 0.6 is 11.6 Å². The number of carbonyl (C=O) groups excluding carboxylic acids is 2. The van der Waals surface area contributed by atoms with Gasteiger partial charge in [0, 0.05) is 23.4 Å². The van der Waals surface area contributed by atoms with E-state index in [1.54, 1.807) is 48.0 Å². The Morgan fingerprint density at radius 3 is 2.70 bits per heavy atom. The van der Waals surface area contributed by atoms with Crippen LogP contribution in [0.2, 0.25) is 5.02 Å². The van der Waals surface area contributed by atoms with E-state index >= 15 is 0 Å². The summed E-state index contributed by atoms with van der Waals surface area (Å²) in [5.74, 6) is -1.27. The normalized spacial score (nSPS) is 16.0. The van der Waals surface area contributed by atoms with Crippen LogP contribution in [0.1, 0.15) is 46.0 Å². The number of halogens is 1. The minimum atomic E-state index is -0.693. The van der Waals surface area contributed by atoms with Gasteiger partial charge in [0.25, 0.3) is 11.5 Å². The number of ether oxygens (including phenoxy) is 2. The van der Waals surface area contributed by atoms with Gasteiger partial charge in [-0.25, -0.2) is 9.78 Å². The molecule has 0 radical (unpaired) electrons. The van der Waals surface area contributed by atoms with Crippen molar-refractivity contribution in [3.8, 4) is 0 Å². The summed E-state index contributed by atoms with van der Waals surface area (Å²) in [7, 11) is 0. The molecule has 0 unspecified atom stereocenters. The van der Waals surface area contributed by atoms with Gasteiger partial charge >= 0.3 is 5.97 Å². The highest BCUT2D eigenvalue weighted by molar-refractivity contribution is 6.30. The predicted molar refractivity (Wildman–Crippen MR) is 138 cm³/mol.